The first kappa shape index (κ1) is 21.8. The van der Waals surface area contributed by atoms with Crippen LogP contribution in [0.1, 0.15) is 59.8 Å². The lowest BCUT2D eigenvalue weighted by Crippen LogP contribution is -2.66. The van der Waals surface area contributed by atoms with Crippen LogP contribution in [-0.4, -0.2) is 36.2 Å². The standard InChI is InChI=1S/C23H32F2N2O2/c1-21(2,3)23(13-14-26)11-9-17(10-12-23)27-15-22(4,16-27)29-19-7-5-18(6-8-19)28-20(24)25/h5-8,17,20H,9-13,15-16H2,1-4H3. The highest BCUT2D eigenvalue weighted by atomic mass is 19.3. The zero-order valence-electron chi connectivity index (χ0n) is 17.9. The molecule has 0 atom stereocenters. The maximum Gasteiger partial charge on any atom is 0.387 e. The van der Waals surface area contributed by atoms with Crippen molar-refractivity contribution in [3.05, 3.63) is 24.3 Å². The smallest absolute Gasteiger partial charge is 0.387 e. The van der Waals surface area contributed by atoms with Gasteiger partial charge in [-0.2, -0.15) is 14.0 Å². The Kier molecular flexibility index (Phi) is 6.10. The second kappa shape index (κ2) is 8.10. The number of alkyl halides is 2. The molecule has 0 aromatic heterocycles. The molecule has 0 amide bonds. The summed E-state index contributed by atoms with van der Waals surface area (Å²) in [5, 5.41) is 9.33. The van der Waals surface area contributed by atoms with E-state index in [4.69, 9.17) is 4.74 Å². The highest BCUT2D eigenvalue weighted by Crippen LogP contribution is 2.53. The molecule has 6 heteroatoms. The highest BCUT2D eigenvalue weighted by Gasteiger charge is 2.49. The molecule has 1 aromatic rings. The van der Waals surface area contributed by atoms with Crippen molar-refractivity contribution in [2.45, 2.75) is 78.1 Å². The summed E-state index contributed by atoms with van der Waals surface area (Å²) in [6, 6.07) is 9.32. The predicted octanol–water partition coefficient (Wildman–Crippen LogP) is 5.63. The van der Waals surface area contributed by atoms with Crippen LogP contribution < -0.4 is 9.47 Å². The Balaban J connectivity index is 1.51. The van der Waals surface area contributed by atoms with Crippen molar-refractivity contribution in [1.29, 1.82) is 5.26 Å². The van der Waals surface area contributed by atoms with Crippen LogP contribution in [0, 0.1) is 22.2 Å². The van der Waals surface area contributed by atoms with Crippen molar-refractivity contribution in [2.24, 2.45) is 10.8 Å². The van der Waals surface area contributed by atoms with Gasteiger partial charge in [0.15, 0.2) is 0 Å². The Morgan fingerprint density at radius 1 is 1.14 bits per heavy atom. The van der Waals surface area contributed by atoms with E-state index < -0.39 is 6.61 Å². The van der Waals surface area contributed by atoms with Gasteiger partial charge < -0.3 is 9.47 Å². The fourth-order valence-corrected chi connectivity index (χ4v) is 4.97. The summed E-state index contributed by atoms with van der Waals surface area (Å²) in [5.41, 5.74) is -0.0122. The monoisotopic (exact) mass is 406 g/mol. The molecule has 1 aliphatic heterocycles. The summed E-state index contributed by atoms with van der Waals surface area (Å²) in [6.45, 7) is 7.76. The van der Waals surface area contributed by atoms with E-state index in [0.717, 1.165) is 38.8 Å². The Hall–Kier alpha value is -1.87. The molecule has 1 aliphatic carbocycles. The summed E-state index contributed by atoms with van der Waals surface area (Å²) in [4.78, 5) is 2.48. The Bertz CT molecular complexity index is 723. The van der Waals surface area contributed by atoms with Crippen LogP contribution in [0.25, 0.3) is 0 Å². The maximum atomic E-state index is 12.3. The highest BCUT2D eigenvalue weighted by molar-refractivity contribution is 5.32. The summed E-state index contributed by atoms with van der Waals surface area (Å²) in [5.74, 6) is 0.799. The third kappa shape index (κ3) is 4.83. The van der Waals surface area contributed by atoms with Gasteiger partial charge >= 0.3 is 6.61 Å². The van der Waals surface area contributed by atoms with Crippen LogP contribution in [0.3, 0.4) is 0 Å². The largest absolute Gasteiger partial charge is 0.485 e. The van der Waals surface area contributed by atoms with Crippen molar-refractivity contribution < 1.29 is 18.3 Å². The number of likely N-dealkylation sites (tertiary alicyclic amines) is 1. The number of hydrogen-bond donors (Lipinski definition) is 0. The second-order valence-electron chi connectivity index (χ2n) is 9.90. The van der Waals surface area contributed by atoms with Crippen molar-refractivity contribution in [3.63, 3.8) is 0 Å². The summed E-state index contributed by atoms with van der Waals surface area (Å²) in [6.07, 6.45) is 5.06. The fraction of sp³-hybridized carbons (Fsp3) is 0.696. The molecule has 160 valence electrons. The first-order valence-corrected chi connectivity index (χ1v) is 10.4. The number of rotatable bonds is 6. The van der Waals surface area contributed by atoms with Crippen LogP contribution in [0.5, 0.6) is 11.5 Å². The maximum absolute atomic E-state index is 12.3. The normalized spacial score (nSPS) is 27.2. The van der Waals surface area contributed by atoms with E-state index in [1.807, 2.05) is 0 Å². The van der Waals surface area contributed by atoms with E-state index >= 15 is 0 Å². The molecule has 0 radical (unpaired) electrons. The number of ether oxygens (including phenoxy) is 2. The molecule has 29 heavy (non-hydrogen) atoms. The molecule has 1 saturated carbocycles. The second-order valence-corrected chi connectivity index (χ2v) is 9.90. The molecule has 1 heterocycles. The van der Waals surface area contributed by atoms with E-state index in [0.29, 0.717) is 18.2 Å². The topological polar surface area (TPSA) is 45.5 Å². The molecule has 3 rings (SSSR count). The minimum Gasteiger partial charge on any atom is -0.485 e. The number of nitriles is 1. The molecule has 1 saturated heterocycles. The molecule has 0 spiro atoms. The SMILES string of the molecule is CC1(Oc2ccc(OC(F)F)cc2)CN(C2CCC(CC#N)(C(C)(C)C)CC2)C1. The van der Waals surface area contributed by atoms with E-state index in [1.54, 1.807) is 12.1 Å². The van der Waals surface area contributed by atoms with Gasteiger partial charge in [-0.25, -0.2) is 0 Å². The van der Waals surface area contributed by atoms with Crippen LogP contribution in [0.4, 0.5) is 8.78 Å². The van der Waals surface area contributed by atoms with E-state index in [-0.39, 0.29) is 22.2 Å². The average molecular weight is 407 g/mol. The third-order valence-electron chi connectivity index (χ3n) is 6.93. The first-order valence-electron chi connectivity index (χ1n) is 10.4. The summed E-state index contributed by atoms with van der Waals surface area (Å²) in [7, 11) is 0. The summed E-state index contributed by atoms with van der Waals surface area (Å²) < 4.78 is 35.0. The average Bonchev–Trinajstić information content (AvgIpc) is 2.61. The molecular formula is C23H32F2N2O2. The van der Waals surface area contributed by atoms with Gasteiger partial charge in [0.1, 0.15) is 17.1 Å². The van der Waals surface area contributed by atoms with Crippen LogP contribution >= 0.6 is 0 Å². The predicted molar refractivity (Wildman–Crippen MR) is 108 cm³/mol. The molecule has 1 aromatic carbocycles. The van der Waals surface area contributed by atoms with Gasteiger partial charge in [-0.15, -0.1) is 0 Å². The molecule has 2 aliphatic rings. The lowest BCUT2D eigenvalue weighted by molar-refractivity contribution is -0.102. The lowest BCUT2D eigenvalue weighted by Gasteiger charge is -2.55. The van der Waals surface area contributed by atoms with Gasteiger partial charge in [-0.05, 0) is 67.7 Å². The fourth-order valence-electron chi connectivity index (χ4n) is 4.97. The zero-order valence-corrected chi connectivity index (χ0v) is 17.9. The lowest BCUT2D eigenvalue weighted by atomic mass is 9.57. The van der Waals surface area contributed by atoms with Gasteiger partial charge in [0.25, 0.3) is 0 Å². The van der Waals surface area contributed by atoms with Crippen LogP contribution in [-0.2, 0) is 0 Å². The van der Waals surface area contributed by atoms with Gasteiger partial charge in [-0.1, -0.05) is 20.8 Å². The van der Waals surface area contributed by atoms with Gasteiger partial charge in [0, 0.05) is 25.6 Å². The van der Waals surface area contributed by atoms with Crippen molar-refractivity contribution in [3.8, 4) is 17.6 Å². The molecular weight excluding hydrogens is 374 g/mol. The van der Waals surface area contributed by atoms with E-state index in [1.165, 1.54) is 12.1 Å². The summed E-state index contributed by atoms with van der Waals surface area (Å²) >= 11 is 0. The number of benzene rings is 1. The Morgan fingerprint density at radius 2 is 1.69 bits per heavy atom. The molecule has 4 nitrogen and oxygen atoms in total. The molecule has 0 bridgehead atoms. The van der Waals surface area contributed by atoms with Crippen LogP contribution in [0.2, 0.25) is 0 Å². The molecule has 0 N–H and O–H groups in total. The van der Waals surface area contributed by atoms with Crippen molar-refractivity contribution in [2.75, 3.05) is 13.1 Å². The Labute approximate surface area is 172 Å². The van der Waals surface area contributed by atoms with Crippen molar-refractivity contribution >= 4 is 0 Å². The minimum atomic E-state index is -2.82. The molecule has 2 fully saturated rings. The van der Waals surface area contributed by atoms with Gasteiger partial charge in [0.05, 0.1) is 6.07 Å². The minimum absolute atomic E-state index is 0.116. The number of nitrogens with zero attached hydrogens (tertiary/aromatic N) is 2. The molecule has 0 unspecified atom stereocenters. The van der Waals surface area contributed by atoms with E-state index in [2.05, 4.69) is 43.4 Å². The van der Waals surface area contributed by atoms with Crippen molar-refractivity contribution in [1.82, 2.24) is 4.90 Å². The Morgan fingerprint density at radius 3 is 2.17 bits per heavy atom. The van der Waals surface area contributed by atoms with Crippen LogP contribution in [0.15, 0.2) is 24.3 Å². The van der Waals surface area contributed by atoms with Gasteiger partial charge in [-0.3, -0.25) is 4.90 Å². The number of halogens is 2. The number of hydrogen-bond acceptors (Lipinski definition) is 4. The third-order valence-corrected chi connectivity index (χ3v) is 6.93. The van der Waals surface area contributed by atoms with Gasteiger partial charge in [0.2, 0.25) is 0 Å². The zero-order chi connectivity index (χ0) is 21.3. The van der Waals surface area contributed by atoms with E-state index in [9.17, 15) is 14.0 Å². The quantitative estimate of drug-likeness (QED) is 0.614. The first-order chi connectivity index (χ1) is 13.6.